The van der Waals surface area contributed by atoms with Crippen LogP contribution in [0, 0.1) is 6.92 Å². The molecule has 1 aromatic heterocycles. The third-order valence-corrected chi connectivity index (χ3v) is 3.44. The van der Waals surface area contributed by atoms with E-state index in [-0.39, 0.29) is 0 Å². The summed E-state index contributed by atoms with van der Waals surface area (Å²) in [6.07, 6.45) is 1.82. The molecule has 1 aliphatic heterocycles. The van der Waals surface area contributed by atoms with Crippen LogP contribution in [0.2, 0.25) is 0 Å². The van der Waals surface area contributed by atoms with Crippen molar-refractivity contribution in [2.75, 3.05) is 31.1 Å². The average molecular weight is 249 g/mol. The smallest absolute Gasteiger partial charge is 0.320 e. The molecule has 5 nitrogen and oxygen atoms in total. The second kappa shape index (κ2) is 5.35. The van der Waals surface area contributed by atoms with Crippen LogP contribution in [0.4, 0.5) is 5.82 Å². The first kappa shape index (κ1) is 12.8. The molecule has 1 aliphatic rings. The highest BCUT2D eigenvalue weighted by Crippen LogP contribution is 2.15. The van der Waals surface area contributed by atoms with Gasteiger partial charge in [0.15, 0.2) is 0 Å². The summed E-state index contributed by atoms with van der Waals surface area (Å²) in [5.41, 5.74) is 1.20. The van der Waals surface area contributed by atoms with Crippen molar-refractivity contribution in [3.8, 4) is 0 Å². The summed E-state index contributed by atoms with van der Waals surface area (Å²) in [5, 5.41) is 8.99. The molecule has 1 atom stereocenters. The lowest BCUT2D eigenvalue weighted by Crippen LogP contribution is -2.51. The van der Waals surface area contributed by atoms with E-state index in [2.05, 4.69) is 16.0 Å². The standard InChI is InChI=1S/C13H19N3O2/c1-10-3-4-14-12(9-10)16-7-5-15(6-8-16)11(2)13(17)18/h3-4,9,11H,5-8H2,1-2H3,(H,17,18). The van der Waals surface area contributed by atoms with Crippen molar-refractivity contribution in [1.29, 1.82) is 0 Å². The van der Waals surface area contributed by atoms with Gasteiger partial charge in [0.2, 0.25) is 0 Å². The molecular formula is C13H19N3O2. The molecule has 0 bridgehead atoms. The number of hydrogen-bond acceptors (Lipinski definition) is 4. The van der Waals surface area contributed by atoms with Gasteiger partial charge in [-0.1, -0.05) is 0 Å². The number of aromatic nitrogens is 1. The first-order valence-corrected chi connectivity index (χ1v) is 6.22. The maximum atomic E-state index is 10.9. The molecule has 0 aromatic carbocycles. The molecule has 0 saturated carbocycles. The van der Waals surface area contributed by atoms with E-state index in [1.54, 1.807) is 6.92 Å². The molecule has 18 heavy (non-hydrogen) atoms. The first-order chi connectivity index (χ1) is 8.58. The molecule has 1 unspecified atom stereocenters. The van der Waals surface area contributed by atoms with E-state index in [1.807, 2.05) is 24.1 Å². The number of anilines is 1. The number of carbonyl (C=O) groups is 1. The number of aliphatic carboxylic acids is 1. The molecule has 98 valence electrons. The van der Waals surface area contributed by atoms with Crippen LogP contribution in [-0.4, -0.2) is 53.2 Å². The fraction of sp³-hybridized carbons (Fsp3) is 0.538. The maximum Gasteiger partial charge on any atom is 0.320 e. The number of rotatable bonds is 3. The zero-order valence-corrected chi connectivity index (χ0v) is 10.8. The van der Waals surface area contributed by atoms with Gasteiger partial charge in [-0.25, -0.2) is 4.98 Å². The highest BCUT2D eigenvalue weighted by molar-refractivity contribution is 5.72. The topological polar surface area (TPSA) is 56.7 Å². The monoisotopic (exact) mass is 249 g/mol. The highest BCUT2D eigenvalue weighted by Gasteiger charge is 2.25. The van der Waals surface area contributed by atoms with Crippen molar-refractivity contribution in [3.63, 3.8) is 0 Å². The van der Waals surface area contributed by atoms with Crippen LogP contribution >= 0.6 is 0 Å². The maximum absolute atomic E-state index is 10.9. The molecule has 0 radical (unpaired) electrons. The van der Waals surface area contributed by atoms with Gasteiger partial charge in [0.1, 0.15) is 11.9 Å². The molecule has 0 spiro atoms. The Balaban J connectivity index is 1.96. The summed E-state index contributed by atoms with van der Waals surface area (Å²) < 4.78 is 0. The van der Waals surface area contributed by atoms with Crippen molar-refractivity contribution in [2.45, 2.75) is 19.9 Å². The predicted octanol–water partition coefficient (Wildman–Crippen LogP) is 0.985. The minimum absolute atomic E-state index is 0.405. The van der Waals surface area contributed by atoms with Gasteiger partial charge in [-0.3, -0.25) is 9.69 Å². The minimum atomic E-state index is -0.753. The lowest BCUT2D eigenvalue weighted by Gasteiger charge is -2.37. The van der Waals surface area contributed by atoms with Gasteiger partial charge in [-0.05, 0) is 31.5 Å². The minimum Gasteiger partial charge on any atom is -0.480 e. The molecule has 1 saturated heterocycles. The highest BCUT2D eigenvalue weighted by atomic mass is 16.4. The largest absolute Gasteiger partial charge is 0.480 e. The van der Waals surface area contributed by atoms with Crippen LogP contribution in [0.5, 0.6) is 0 Å². The van der Waals surface area contributed by atoms with Crippen LogP contribution in [-0.2, 0) is 4.79 Å². The average Bonchev–Trinajstić information content (AvgIpc) is 2.38. The van der Waals surface area contributed by atoms with Crippen LogP contribution in [0.1, 0.15) is 12.5 Å². The zero-order chi connectivity index (χ0) is 13.1. The Morgan fingerprint density at radius 2 is 2.06 bits per heavy atom. The number of piperazine rings is 1. The number of nitrogens with zero attached hydrogens (tertiary/aromatic N) is 3. The van der Waals surface area contributed by atoms with Gasteiger partial charge in [-0.15, -0.1) is 0 Å². The lowest BCUT2D eigenvalue weighted by molar-refractivity contribution is -0.142. The lowest BCUT2D eigenvalue weighted by atomic mass is 10.2. The van der Waals surface area contributed by atoms with E-state index < -0.39 is 12.0 Å². The summed E-state index contributed by atoms with van der Waals surface area (Å²) in [5.74, 6) is 0.231. The van der Waals surface area contributed by atoms with Crippen molar-refractivity contribution in [2.24, 2.45) is 0 Å². The second-order valence-electron chi connectivity index (χ2n) is 4.73. The van der Waals surface area contributed by atoms with E-state index in [9.17, 15) is 4.79 Å². The summed E-state index contributed by atoms with van der Waals surface area (Å²) in [7, 11) is 0. The van der Waals surface area contributed by atoms with Crippen molar-refractivity contribution in [3.05, 3.63) is 23.9 Å². The third kappa shape index (κ3) is 2.79. The van der Waals surface area contributed by atoms with Gasteiger partial charge in [0.25, 0.3) is 0 Å². The third-order valence-electron chi connectivity index (χ3n) is 3.44. The van der Waals surface area contributed by atoms with Gasteiger partial charge in [0, 0.05) is 32.4 Å². The molecule has 5 heteroatoms. The number of aryl methyl sites for hydroxylation is 1. The Morgan fingerprint density at radius 3 is 2.61 bits per heavy atom. The summed E-state index contributed by atoms with van der Waals surface area (Å²) in [6.45, 7) is 6.98. The first-order valence-electron chi connectivity index (χ1n) is 6.22. The Bertz CT molecular complexity index is 428. The molecule has 0 aliphatic carbocycles. The Hall–Kier alpha value is -1.62. The molecule has 1 N–H and O–H groups in total. The van der Waals surface area contributed by atoms with Crippen LogP contribution in [0.3, 0.4) is 0 Å². The molecular weight excluding hydrogens is 230 g/mol. The number of carboxylic acids is 1. The number of pyridine rings is 1. The van der Waals surface area contributed by atoms with E-state index in [0.29, 0.717) is 0 Å². The van der Waals surface area contributed by atoms with Gasteiger partial charge in [-0.2, -0.15) is 0 Å². The Kier molecular flexibility index (Phi) is 3.81. The fourth-order valence-corrected chi connectivity index (χ4v) is 2.19. The molecule has 0 amide bonds. The number of carboxylic acid groups (broad SMARTS) is 1. The predicted molar refractivity (Wildman–Crippen MR) is 69.9 cm³/mol. The SMILES string of the molecule is Cc1ccnc(N2CCN(C(C)C(=O)O)CC2)c1. The van der Waals surface area contributed by atoms with Crippen molar-refractivity contribution in [1.82, 2.24) is 9.88 Å². The van der Waals surface area contributed by atoms with E-state index >= 15 is 0 Å². The van der Waals surface area contributed by atoms with Gasteiger partial charge in [0.05, 0.1) is 0 Å². The van der Waals surface area contributed by atoms with E-state index in [0.717, 1.165) is 32.0 Å². The molecule has 1 aromatic rings. The molecule has 2 rings (SSSR count). The molecule has 2 heterocycles. The fourth-order valence-electron chi connectivity index (χ4n) is 2.19. The zero-order valence-electron chi connectivity index (χ0n) is 10.8. The summed E-state index contributed by atoms with van der Waals surface area (Å²) in [6, 6.07) is 3.64. The Morgan fingerprint density at radius 1 is 1.39 bits per heavy atom. The van der Waals surface area contributed by atoms with E-state index in [4.69, 9.17) is 5.11 Å². The van der Waals surface area contributed by atoms with Crippen molar-refractivity contribution < 1.29 is 9.90 Å². The second-order valence-corrected chi connectivity index (χ2v) is 4.73. The van der Waals surface area contributed by atoms with Crippen LogP contribution in [0.25, 0.3) is 0 Å². The van der Waals surface area contributed by atoms with Crippen LogP contribution in [0.15, 0.2) is 18.3 Å². The van der Waals surface area contributed by atoms with Gasteiger partial charge < -0.3 is 10.0 Å². The van der Waals surface area contributed by atoms with Crippen LogP contribution < -0.4 is 4.90 Å². The molecule has 1 fully saturated rings. The summed E-state index contributed by atoms with van der Waals surface area (Å²) >= 11 is 0. The summed E-state index contributed by atoms with van der Waals surface area (Å²) in [4.78, 5) is 19.5. The normalized spacial score (nSPS) is 18.7. The quantitative estimate of drug-likeness (QED) is 0.865. The van der Waals surface area contributed by atoms with E-state index in [1.165, 1.54) is 5.56 Å². The van der Waals surface area contributed by atoms with Gasteiger partial charge >= 0.3 is 5.97 Å². The van der Waals surface area contributed by atoms with Crippen molar-refractivity contribution >= 4 is 11.8 Å². The number of hydrogen-bond donors (Lipinski definition) is 1. The Labute approximate surface area is 107 Å².